The number of amides is 1. The number of nitrogens with one attached hydrogen (secondary N) is 2. The molecule has 0 aliphatic carbocycles. The molecule has 0 fully saturated rings. The third-order valence-electron chi connectivity index (χ3n) is 3.62. The zero-order valence-electron chi connectivity index (χ0n) is 13.5. The van der Waals surface area contributed by atoms with Gasteiger partial charge in [0.15, 0.2) is 0 Å². The Morgan fingerprint density at radius 2 is 2.05 bits per heavy atom. The molecule has 2 rings (SSSR count). The molecule has 0 saturated heterocycles. The maximum atomic E-state index is 12.1. The first-order valence-corrected chi connectivity index (χ1v) is 7.36. The molecule has 5 heteroatoms. The van der Waals surface area contributed by atoms with Crippen molar-refractivity contribution < 1.29 is 9.90 Å². The minimum absolute atomic E-state index is 0.0911. The molecule has 1 unspecified atom stereocenters. The van der Waals surface area contributed by atoms with Gasteiger partial charge in [-0.25, -0.2) is 0 Å². The van der Waals surface area contributed by atoms with Crippen molar-refractivity contribution >= 4 is 5.91 Å². The van der Waals surface area contributed by atoms with Gasteiger partial charge in [-0.3, -0.25) is 9.89 Å². The number of nitrogens with zero attached hydrogens (tertiary/aromatic N) is 1. The van der Waals surface area contributed by atoms with Crippen LogP contribution in [0, 0.1) is 6.92 Å². The van der Waals surface area contributed by atoms with E-state index < -0.39 is 6.10 Å². The zero-order chi connectivity index (χ0) is 16.3. The van der Waals surface area contributed by atoms with Gasteiger partial charge in [0.05, 0.1) is 6.10 Å². The molecule has 2 aromatic rings. The Bertz CT molecular complexity index is 656. The minimum Gasteiger partial charge on any atom is -0.387 e. The lowest BCUT2D eigenvalue weighted by Crippen LogP contribution is -2.28. The van der Waals surface area contributed by atoms with Crippen LogP contribution in [0.3, 0.4) is 0 Å². The highest BCUT2D eigenvalue weighted by atomic mass is 16.3. The molecule has 3 N–H and O–H groups in total. The molecule has 0 aliphatic rings. The standard InChI is InChI=1S/C17H23N3O2/c1-11-7-5-6-8-12(11)14(21)10-18-16(22)13-9-15(20-19-13)17(2,3)4/h5-9,14,21H,10H2,1-4H3,(H,18,22)(H,19,20). The van der Waals surface area contributed by atoms with Crippen molar-refractivity contribution in [2.45, 2.75) is 39.2 Å². The van der Waals surface area contributed by atoms with E-state index in [1.165, 1.54) is 0 Å². The van der Waals surface area contributed by atoms with Crippen molar-refractivity contribution in [1.82, 2.24) is 15.5 Å². The van der Waals surface area contributed by atoms with E-state index >= 15 is 0 Å². The van der Waals surface area contributed by atoms with Crippen LogP contribution < -0.4 is 5.32 Å². The Morgan fingerprint density at radius 1 is 1.36 bits per heavy atom. The predicted octanol–water partition coefficient (Wildman–Crippen LogP) is 2.48. The molecule has 1 heterocycles. The average Bonchev–Trinajstić information content (AvgIpc) is 2.95. The summed E-state index contributed by atoms with van der Waals surface area (Å²) in [6.07, 6.45) is -0.730. The highest BCUT2D eigenvalue weighted by Gasteiger charge is 2.20. The van der Waals surface area contributed by atoms with Crippen LogP contribution in [-0.4, -0.2) is 27.8 Å². The Balaban J connectivity index is 1.98. The van der Waals surface area contributed by atoms with Crippen LogP contribution in [-0.2, 0) is 5.41 Å². The molecular formula is C17H23N3O2. The molecule has 1 amide bonds. The van der Waals surface area contributed by atoms with Gasteiger partial charge in [-0.1, -0.05) is 45.0 Å². The Labute approximate surface area is 130 Å². The molecule has 118 valence electrons. The number of aromatic amines is 1. The van der Waals surface area contributed by atoms with E-state index in [1.807, 2.05) is 52.0 Å². The van der Waals surface area contributed by atoms with E-state index in [-0.39, 0.29) is 17.9 Å². The summed E-state index contributed by atoms with van der Waals surface area (Å²) in [5, 5.41) is 19.8. The summed E-state index contributed by atoms with van der Waals surface area (Å²) in [4.78, 5) is 12.1. The summed E-state index contributed by atoms with van der Waals surface area (Å²) in [6.45, 7) is 8.23. The van der Waals surface area contributed by atoms with Gasteiger partial charge < -0.3 is 10.4 Å². The molecule has 1 atom stereocenters. The Hall–Kier alpha value is -2.14. The van der Waals surface area contributed by atoms with Crippen LogP contribution in [0.25, 0.3) is 0 Å². The van der Waals surface area contributed by atoms with Gasteiger partial charge in [0.25, 0.3) is 5.91 Å². The van der Waals surface area contributed by atoms with Crippen LogP contribution in [0.15, 0.2) is 30.3 Å². The van der Waals surface area contributed by atoms with Gasteiger partial charge in [-0.15, -0.1) is 0 Å². The third kappa shape index (κ3) is 3.74. The quantitative estimate of drug-likeness (QED) is 0.812. The summed E-state index contributed by atoms with van der Waals surface area (Å²) in [6, 6.07) is 9.33. The van der Waals surface area contributed by atoms with Crippen LogP contribution in [0.5, 0.6) is 0 Å². The number of benzene rings is 1. The van der Waals surface area contributed by atoms with Crippen molar-refractivity contribution in [2.75, 3.05) is 6.54 Å². The zero-order valence-corrected chi connectivity index (χ0v) is 13.5. The second-order valence-corrected chi connectivity index (χ2v) is 6.50. The SMILES string of the molecule is Cc1ccccc1C(O)CNC(=O)c1cc(C(C)(C)C)[nH]n1. The van der Waals surface area contributed by atoms with Crippen LogP contribution in [0.4, 0.5) is 0 Å². The number of H-pyrrole nitrogens is 1. The number of aryl methyl sites for hydroxylation is 1. The van der Waals surface area contributed by atoms with E-state index in [2.05, 4.69) is 15.5 Å². The maximum Gasteiger partial charge on any atom is 0.271 e. The van der Waals surface area contributed by atoms with E-state index in [0.29, 0.717) is 5.69 Å². The number of aromatic nitrogens is 2. The molecule has 1 aromatic carbocycles. The number of rotatable bonds is 4. The highest BCUT2D eigenvalue weighted by Crippen LogP contribution is 2.20. The fourth-order valence-corrected chi connectivity index (χ4v) is 2.17. The molecule has 0 radical (unpaired) electrons. The lowest BCUT2D eigenvalue weighted by molar-refractivity contribution is 0.0911. The normalized spacial score (nSPS) is 13.0. The van der Waals surface area contributed by atoms with Crippen LogP contribution >= 0.6 is 0 Å². The summed E-state index contributed by atoms with van der Waals surface area (Å²) < 4.78 is 0. The molecule has 1 aromatic heterocycles. The van der Waals surface area contributed by atoms with Crippen molar-refractivity contribution in [3.8, 4) is 0 Å². The first-order chi connectivity index (χ1) is 10.3. The Kier molecular flexibility index (Phi) is 4.66. The Morgan fingerprint density at radius 3 is 2.64 bits per heavy atom. The number of aliphatic hydroxyl groups is 1. The number of aliphatic hydroxyl groups excluding tert-OH is 1. The van der Waals surface area contributed by atoms with Gasteiger partial charge in [-0.05, 0) is 24.1 Å². The number of carbonyl (C=O) groups excluding carboxylic acids is 1. The van der Waals surface area contributed by atoms with Crippen LogP contribution in [0.1, 0.15) is 54.2 Å². The summed E-state index contributed by atoms with van der Waals surface area (Å²) in [7, 11) is 0. The van der Waals surface area contributed by atoms with E-state index in [1.54, 1.807) is 6.07 Å². The highest BCUT2D eigenvalue weighted by molar-refractivity contribution is 5.92. The van der Waals surface area contributed by atoms with Crippen LogP contribution in [0.2, 0.25) is 0 Å². The molecule has 0 aliphatic heterocycles. The molecule has 0 bridgehead atoms. The lowest BCUT2D eigenvalue weighted by atomic mass is 9.92. The second-order valence-electron chi connectivity index (χ2n) is 6.50. The third-order valence-corrected chi connectivity index (χ3v) is 3.62. The number of hydrogen-bond acceptors (Lipinski definition) is 3. The average molecular weight is 301 g/mol. The van der Waals surface area contributed by atoms with Gasteiger partial charge >= 0.3 is 0 Å². The molecule has 5 nitrogen and oxygen atoms in total. The minimum atomic E-state index is -0.730. The first-order valence-electron chi connectivity index (χ1n) is 7.36. The largest absolute Gasteiger partial charge is 0.387 e. The number of carbonyl (C=O) groups is 1. The number of hydrogen-bond donors (Lipinski definition) is 3. The second kappa shape index (κ2) is 6.32. The molecule has 0 saturated carbocycles. The van der Waals surface area contributed by atoms with Gasteiger partial charge in [0.1, 0.15) is 5.69 Å². The van der Waals surface area contributed by atoms with E-state index in [9.17, 15) is 9.90 Å². The smallest absolute Gasteiger partial charge is 0.271 e. The first kappa shape index (κ1) is 16.2. The van der Waals surface area contributed by atoms with E-state index in [0.717, 1.165) is 16.8 Å². The van der Waals surface area contributed by atoms with Crippen molar-refractivity contribution in [3.05, 3.63) is 52.8 Å². The molecule has 22 heavy (non-hydrogen) atoms. The summed E-state index contributed by atoms with van der Waals surface area (Å²) in [5.74, 6) is -0.292. The van der Waals surface area contributed by atoms with Gasteiger partial charge in [0.2, 0.25) is 0 Å². The van der Waals surface area contributed by atoms with Crippen molar-refractivity contribution in [2.24, 2.45) is 0 Å². The topological polar surface area (TPSA) is 78.0 Å². The van der Waals surface area contributed by atoms with Gasteiger partial charge in [-0.2, -0.15) is 5.10 Å². The summed E-state index contributed by atoms with van der Waals surface area (Å²) in [5.41, 5.74) is 2.96. The predicted molar refractivity (Wildman–Crippen MR) is 85.8 cm³/mol. The summed E-state index contributed by atoms with van der Waals surface area (Å²) >= 11 is 0. The fourth-order valence-electron chi connectivity index (χ4n) is 2.17. The van der Waals surface area contributed by atoms with E-state index in [4.69, 9.17) is 0 Å². The maximum absolute atomic E-state index is 12.1. The molecule has 0 spiro atoms. The van der Waals surface area contributed by atoms with Gasteiger partial charge in [0, 0.05) is 17.7 Å². The van der Waals surface area contributed by atoms with Crippen molar-refractivity contribution in [3.63, 3.8) is 0 Å². The molecular weight excluding hydrogens is 278 g/mol. The fraction of sp³-hybridized carbons (Fsp3) is 0.412. The monoisotopic (exact) mass is 301 g/mol. The lowest BCUT2D eigenvalue weighted by Gasteiger charge is -2.15. The van der Waals surface area contributed by atoms with Crippen molar-refractivity contribution in [1.29, 1.82) is 0 Å².